The Bertz CT molecular complexity index is 422. The first kappa shape index (κ1) is 13.1. The van der Waals surface area contributed by atoms with Crippen LogP contribution in [0.1, 0.15) is 31.1 Å². The molecule has 0 aliphatic heterocycles. The Morgan fingerprint density at radius 3 is 2.31 bits per heavy atom. The van der Waals surface area contributed by atoms with Crippen molar-refractivity contribution in [1.29, 1.82) is 0 Å². The zero-order chi connectivity index (χ0) is 12.5. The molecule has 0 saturated heterocycles. The topological polar surface area (TPSA) is 46.5 Å². The quantitative estimate of drug-likeness (QED) is 0.880. The summed E-state index contributed by atoms with van der Waals surface area (Å²) >= 11 is 11.6. The van der Waals surface area contributed by atoms with Crippen molar-refractivity contribution < 1.29 is 14.6 Å². The van der Waals surface area contributed by atoms with Crippen LogP contribution in [0.15, 0.2) is 12.1 Å². The van der Waals surface area contributed by atoms with E-state index in [4.69, 9.17) is 33.0 Å². The third-order valence-electron chi connectivity index (χ3n) is 1.65. The maximum atomic E-state index is 11.0. The molecule has 0 aliphatic rings. The standard InChI is InChI=1S/C11H12Cl2O3/c1-11(2,3)16-9-7(10(14)15)4-6(12)5-8(9)13/h4-5H,1-3H3,(H,14,15). The van der Waals surface area contributed by atoms with Crippen LogP contribution >= 0.6 is 23.2 Å². The average Bonchev–Trinajstić information content (AvgIpc) is 2.07. The van der Waals surface area contributed by atoms with E-state index >= 15 is 0 Å². The van der Waals surface area contributed by atoms with Crippen LogP contribution in [0.4, 0.5) is 0 Å². The summed E-state index contributed by atoms with van der Waals surface area (Å²) in [6, 6.07) is 2.77. The van der Waals surface area contributed by atoms with Gasteiger partial charge in [0, 0.05) is 5.02 Å². The molecular weight excluding hydrogens is 251 g/mol. The first-order valence-corrected chi connectivity index (χ1v) is 5.37. The molecule has 3 nitrogen and oxygen atoms in total. The molecule has 0 spiro atoms. The fourth-order valence-electron chi connectivity index (χ4n) is 1.13. The number of carboxylic acids is 1. The summed E-state index contributed by atoms with van der Waals surface area (Å²) in [6.07, 6.45) is 0. The van der Waals surface area contributed by atoms with Gasteiger partial charge in [-0.15, -0.1) is 0 Å². The molecule has 0 amide bonds. The molecule has 0 radical (unpaired) electrons. The number of carbonyl (C=O) groups is 1. The minimum atomic E-state index is -1.12. The number of aromatic carboxylic acids is 1. The number of benzene rings is 1. The summed E-state index contributed by atoms with van der Waals surface area (Å²) in [5.41, 5.74) is -0.561. The summed E-state index contributed by atoms with van der Waals surface area (Å²) in [6.45, 7) is 5.43. The van der Waals surface area contributed by atoms with E-state index in [-0.39, 0.29) is 21.4 Å². The molecule has 1 N–H and O–H groups in total. The first-order chi connectivity index (χ1) is 7.20. The largest absolute Gasteiger partial charge is 0.486 e. The van der Waals surface area contributed by atoms with Crippen molar-refractivity contribution in [3.05, 3.63) is 27.7 Å². The minimum absolute atomic E-state index is 0.0348. The average molecular weight is 263 g/mol. The Morgan fingerprint density at radius 1 is 1.31 bits per heavy atom. The lowest BCUT2D eigenvalue weighted by molar-refractivity contribution is 0.0681. The van der Waals surface area contributed by atoms with E-state index in [1.807, 2.05) is 20.8 Å². The van der Waals surface area contributed by atoms with E-state index in [9.17, 15) is 4.79 Å². The number of hydrogen-bond donors (Lipinski definition) is 1. The molecule has 1 rings (SSSR count). The Kier molecular flexibility index (Phi) is 3.71. The second kappa shape index (κ2) is 4.52. The van der Waals surface area contributed by atoms with Crippen LogP contribution < -0.4 is 4.74 Å². The summed E-state index contributed by atoms with van der Waals surface area (Å²) in [7, 11) is 0. The van der Waals surface area contributed by atoms with Gasteiger partial charge in [0.15, 0.2) is 5.75 Å². The highest BCUT2D eigenvalue weighted by atomic mass is 35.5. The lowest BCUT2D eigenvalue weighted by atomic mass is 10.1. The fourth-order valence-corrected chi connectivity index (χ4v) is 1.66. The van der Waals surface area contributed by atoms with Gasteiger partial charge >= 0.3 is 5.97 Å². The van der Waals surface area contributed by atoms with E-state index in [1.165, 1.54) is 12.1 Å². The van der Waals surface area contributed by atoms with Crippen LogP contribution in [0.3, 0.4) is 0 Å². The molecule has 0 fully saturated rings. The minimum Gasteiger partial charge on any atom is -0.486 e. The molecule has 5 heteroatoms. The second-order valence-corrected chi connectivity index (χ2v) is 5.13. The van der Waals surface area contributed by atoms with Gasteiger partial charge < -0.3 is 9.84 Å². The summed E-state index contributed by atoms with van der Waals surface area (Å²) in [5.74, 6) is -0.977. The number of rotatable bonds is 2. The maximum absolute atomic E-state index is 11.0. The van der Waals surface area contributed by atoms with Gasteiger partial charge in [0.1, 0.15) is 11.2 Å². The second-order valence-electron chi connectivity index (χ2n) is 4.28. The summed E-state index contributed by atoms with van der Waals surface area (Å²) in [4.78, 5) is 11.0. The van der Waals surface area contributed by atoms with Gasteiger partial charge in [0.2, 0.25) is 0 Å². The van der Waals surface area contributed by atoms with E-state index in [1.54, 1.807) is 0 Å². The van der Waals surface area contributed by atoms with Gasteiger partial charge in [0.25, 0.3) is 0 Å². The molecule has 0 aromatic heterocycles. The maximum Gasteiger partial charge on any atom is 0.339 e. The van der Waals surface area contributed by atoms with Gasteiger partial charge in [-0.1, -0.05) is 23.2 Å². The van der Waals surface area contributed by atoms with E-state index < -0.39 is 11.6 Å². The van der Waals surface area contributed by atoms with Crippen LogP contribution in [-0.4, -0.2) is 16.7 Å². The van der Waals surface area contributed by atoms with Crippen LogP contribution in [0.2, 0.25) is 10.0 Å². The van der Waals surface area contributed by atoms with Gasteiger partial charge in [0.05, 0.1) is 5.02 Å². The Labute approximate surface area is 104 Å². The lowest BCUT2D eigenvalue weighted by Crippen LogP contribution is -2.24. The molecule has 0 aliphatic carbocycles. The zero-order valence-electron chi connectivity index (χ0n) is 9.17. The van der Waals surface area contributed by atoms with E-state index in [0.29, 0.717) is 0 Å². The molecule has 1 aromatic rings. The Balaban J connectivity index is 3.30. The fraction of sp³-hybridized carbons (Fsp3) is 0.364. The van der Waals surface area contributed by atoms with Gasteiger partial charge in [-0.25, -0.2) is 4.79 Å². The molecular formula is C11H12Cl2O3. The molecule has 0 saturated carbocycles. The van der Waals surface area contributed by atoms with Gasteiger partial charge in [-0.05, 0) is 32.9 Å². The van der Waals surface area contributed by atoms with Crippen LogP contribution in [0, 0.1) is 0 Å². The van der Waals surface area contributed by atoms with Crippen molar-refractivity contribution in [1.82, 2.24) is 0 Å². The Hall–Kier alpha value is -0.930. The van der Waals surface area contributed by atoms with Crippen molar-refractivity contribution in [3.8, 4) is 5.75 Å². The number of hydrogen-bond acceptors (Lipinski definition) is 2. The van der Waals surface area contributed by atoms with Gasteiger partial charge in [-0.3, -0.25) is 0 Å². The predicted octanol–water partition coefficient (Wildman–Crippen LogP) is 3.87. The number of carboxylic acid groups (broad SMARTS) is 1. The van der Waals surface area contributed by atoms with Crippen LogP contribution in [-0.2, 0) is 0 Å². The highest BCUT2D eigenvalue weighted by Gasteiger charge is 2.21. The van der Waals surface area contributed by atoms with Gasteiger partial charge in [-0.2, -0.15) is 0 Å². The van der Waals surface area contributed by atoms with Crippen molar-refractivity contribution in [2.45, 2.75) is 26.4 Å². The molecule has 0 unspecified atom stereocenters. The Morgan fingerprint density at radius 2 is 1.88 bits per heavy atom. The third kappa shape index (κ3) is 3.29. The van der Waals surface area contributed by atoms with Crippen molar-refractivity contribution in [3.63, 3.8) is 0 Å². The number of ether oxygens (including phenoxy) is 1. The van der Waals surface area contributed by atoms with Crippen LogP contribution in [0.25, 0.3) is 0 Å². The smallest absolute Gasteiger partial charge is 0.339 e. The SMILES string of the molecule is CC(C)(C)Oc1c(Cl)cc(Cl)cc1C(=O)O. The third-order valence-corrected chi connectivity index (χ3v) is 2.15. The van der Waals surface area contributed by atoms with Crippen LogP contribution in [0.5, 0.6) is 5.75 Å². The highest BCUT2D eigenvalue weighted by molar-refractivity contribution is 6.36. The van der Waals surface area contributed by atoms with E-state index in [2.05, 4.69) is 0 Å². The molecule has 0 bridgehead atoms. The van der Waals surface area contributed by atoms with Crippen molar-refractivity contribution in [2.24, 2.45) is 0 Å². The molecule has 16 heavy (non-hydrogen) atoms. The normalized spacial score (nSPS) is 11.3. The van der Waals surface area contributed by atoms with Crippen molar-refractivity contribution >= 4 is 29.2 Å². The summed E-state index contributed by atoms with van der Waals surface area (Å²) in [5, 5.41) is 9.48. The summed E-state index contributed by atoms with van der Waals surface area (Å²) < 4.78 is 5.51. The van der Waals surface area contributed by atoms with Crippen molar-refractivity contribution in [2.75, 3.05) is 0 Å². The number of halogens is 2. The zero-order valence-corrected chi connectivity index (χ0v) is 10.7. The predicted molar refractivity (Wildman–Crippen MR) is 63.8 cm³/mol. The monoisotopic (exact) mass is 262 g/mol. The molecule has 0 heterocycles. The highest BCUT2D eigenvalue weighted by Crippen LogP contribution is 2.34. The first-order valence-electron chi connectivity index (χ1n) is 4.62. The lowest BCUT2D eigenvalue weighted by Gasteiger charge is -2.23. The molecule has 88 valence electrons. The van der Waals surface area contributed by atoms with E-state index in [0.717, 1.165) is 0 Å². The molecule has 0 atom stereocenters. The molecule has 1 aromatic carbocycles.